The van der Waals surface area contributed by atoms with Gasteiger partial charge in [-0.3, -0.25) is 4.79 Å². The number of likely N-dealkylation sites (tertiary alicyclic amines) is 1. The SMILES string of the molecule is CCN1C[C@@H](C2CCN(CCC(C)C)CC2)O[C@@H](C)C1=O. The molecule has 2 rings (SSSR count). The van der Waals surface area contributed by atoms with Crippen LogP contribution in [0.25, 0.3) is 0 Å². The summed E-state index contributed by atoms with van der Waals surface area (Å²) in [6.07, 6.45) is 3.69. The normalized spacial score (nSPS) is 29.4. The van der Waals surface area contributed by atoms with Crippen LogP contribution in [-0.4, -0.2) is 60.6 Å². The Labute approximate surface area is 129 Å². The highest BCUT2D eigenvalue weighted by Gasteiger charge is 2.36. The van der Waals surface area contributed by atoms with Gasteiger partial charge >= 0.3 is 0 Å². The van der Waals surface area contributed by atoms with Gasteiger partial charge in [0.25, 0.3) is 5.91 Å². The molecule has 4 nitrogen and oxygen atoms in total. The largest absolute Gasteiger partial charge is 0.363 e. The number of hydrogen-bond donors (Lipinski definition) is 0. The molecule has 2 atom stereocenters. The third kappa shape index (κ3) is 4.43. The monoisotopic (exact) mass is 296 g/mol. The van der Waals surface area contributed by atoms with Gasteiger partial charge in [-0.2, -0.15) is 0 Å². The van der Waals surface area contributed by atoms with Crippen molar-refractivity contribution in [1.82, 2.24) is 9.80 Å². The highest BCUT2D eigenvalue weighted by atomic mass is 16.5. The maximum Gasteiger partial charge on any atom is 0.251 e. The number of hydrogen-bond acceptors (Lipinski definition) is 3. The molecule has 0 aromatic heterocycles. The number of morpholine rings is 1. The summed E-state index contributed by atoms with van der Waals surface area (Å²) in [5, 5.41) is 0. The molecule has 1 amide bonds. The number of carbonyl (C=O) groups excluding carboxylic acids is 1. The molecule has 0 aromatic rings. The number of ether oxygens (including phenoxy) is 1. The minimum atomic E-state index is -0.261. The van der Waals surface area contributed by atoms with Crippen LogP contribution in [0.5, 0.6) is 0 Å². The molecule has 2 heterocycles. The molecule has 0 N–H and O–H groups in total. The summed E-state index contributed by atoms with van der Waals surface area (Å²) in [6, 6.07) is 0. The Morgan fingerprint density at radius 2 is 1.95 bits per heavy atom. The first-order valence-corrected chi connectivity index (χ1v) is 8.67. The van der Waals surface area contributed by atoms with Gasteiger partial charge in [-0.05, 0) is 64.6 Å². The minimum Gasteiger partial charge on any atom is -0.363 e. The van der Waals surface area contributed by atoms with Crippen molar-refractivity contribution in [2.75, 3.05) is 32.7 Å². The Morgan fingerprint density at radius 1 is 1.29 bits per heavy atom. The van der Waals surface area contributed by atoms with Gasteiger partial charge in [0.15, 0.2) is 0 Å². The zero-order valence-corrected chi connectivity index (χ0v) is 14.2. The Bertz CT molecular complexity index is 338. The van der Waals surface area contributed by atoms with Crippen LogP contribution in [0.15, 0.2) is 0 Å². The Kier molecular flexibility index (Phi) is 6.06. The molecule has 0 bridgehead atoms. The van der Waals surface area contributed by atoms with Gasteiger partial charge in [0.2, 0.25) is 0 Å². The highest BCUT2D eigenvalue weighted by Crippen LogP contribution is 2.27. The zero-order chi connectivity index (χ0) is 15.4. The molecule has 0 aliphatic carbocycles. The minimum absolute atomic E-state index is 0.156. The van der Waals surface area contributed by atoms with Crippen LogP contribution >= 0.6 is 0 Å². The van der Waals surface area contributed by atoms with Crippen LogP contribution in [0.3, 0.4) is 0 Å². The fraction of sp³-hybridized carbons (Fsp3) is 0.941. The van der Waals surface area contributed by atoms with Gasteiger partial charge in [-0.1, -0.05) is 13.8 Å². The summed E-state index contributed by atoms with van der Waals surface area (Å²) in [5.74, 6) is 1.56. The van der Waals surface area contributed by atoms with E-state index in [1.807, 2.05) is 11.8 Å². The topological polar surface area (TPSA) is 32.8 Å². The number of piperidine rings is 1. The van der Waals surface area contributed by atoms with E-state index >= 15 is 0 Å². The van der Waals surface area contributed by atoms with E-state index in [2.05, 4.69) is 25.7 Å². The van der Waals surface area contributed by atoms with Crippen LogP contribution in [0.2, 0.25) is 0 Å². The molecule has 0 radical (unpaired) electrons. The first-order valence-electron chi connectivity index (χ1n) is 8.67. The smallest absolute Gasteiger partial charge is 0.251 e. The lowest BCUT2D eigenvalue weighted by molar-refractivity contribution is -0.166. The Balaban J connectivity index is 1.80. The van der Waals surface area contributed by atoms with Crippen LogP contribution in [0, 0.1) is 11.8 Å². The summed E-state index contributed by atoms with van der Waals surface area (Å²) in [4.78, 5) is 16.5. The molecule has 0 spiro atoms. The van der Waals surface area contributed by atoms with Crippen molar-refractivity contribution in [2.24, 2.45) is 11.8 Å². The summed E-state index contributed by atoms with van der Waals surface area (Å²) in [7, 11) is 0. The van der Waals surface area contributed by atoms with Crippen molar-refractivity contribution < 1.29 is 9.53 Å². The van der Waals surface area contributed by atoms with Crippen molar-refractivity contribution in [1.29, 1.82) is 0 Å². The molecule has 0 unspecified atom stereocenters. The number of carbonyl (C=O) groups is 1. The van der Waals surface area contributed by atoms with Crippen LogP contribution in [-0.2, 0) is 9.53 Å². The zero-order valence-electron chi connectivity index (χ0n) is 14.2. The molecule has 0 saturated carbocycles. The van der Waals surface area contributed by atoms with Crippen molar-refractivity contribution in [3.63, 3.8) is 0 Å². The number of nitrogens with zero attached hydrogens (tertiary/aromatic N) is 2. The molecule has 21 heavy (non-hydrogen) atoms. The summed E-state index contributed by atoms with van der Waals surface area (Å²) >= 11 is 0. The first kappa shape index (κ1) is 16.8. The number of amides is 1. The molecule has 0 aromatic carbocycles. The fourth-order valence-corrected chi connectivity index (χ4v) is 3.46. The van der Waals surface area contributed by atoms with E-state index < -0.39 is 0 Å². The van der Waals surface area contributed by atoms with Crippen molar-refractivity contribution >= 4 is 5.91 Å². The highest BCUT2D eigenvalue weighted by molar-refractivity contribution is 5.81. The predicted molar refractivity (Wildman–Crippen MR) is 85.2 cm³/mol. The van der Waals surface area contributed by atoms with E-state index in [4.69, 9.17) is 4.74 Å². The quantitative estimate of drug-likeness (QED) is 0.781. The van der Waals surface area contributed by atoms with Gasteiger partial charge in [-0.25, -0.2) is 0 Å². The van der Waals surface area contributed by atoms with Crippen molar-refractivity contribution in [2.45, 2.75) is 59.2 Å². The average molecular weight is 296 g/mol. The van der Waals surface area contributed by atoms with E-state index in [1.54, 1.807) is 0 Å². The van der Waals surface area contributed by atoms with E-state index in [9.17, 15) is 4.79 Å². The molecule has 2 aliphatic rings. The third-order valence-corrected chi connectivity index (χ3v) is 5.00. The van der Waals surface area contributed by atoms with Crippen molar-refractivity contribution in [3.8, 4) is 0 Å². The van der Waals surface area contributed by atoms with Gasteiger partial charge in [-0.15, -0.1) is 0 Å². The standard InChI is InChI=1S/C17H32N2O2/c1-5-19-12-16(21-14(4)17(19)20)15-7-10-18(11-8-15)9-6-13(2)3/h13-16H,5-12H2,1-4H3/t14-,16-/m0/s1. The predicted octanol–water partition coefficient (Wildman–Crippen LogP) is 2.38. The Hall–Kier alpha value is -0.610. The average Bonchev–Trinajstić information content (AvgIpc) is 2.48. The maximum absolute atomic E-state index is 12.0. The molecule has 4 heteroatoms. The van der Waals surface area contributed by atoms with E-state index in [-0.39, 0.29) is 18.1 Å². The van der Waals surface area contributed by atoms with Crippen molar-refractivity contribution in [3.05, 3.63) is 0 Å². The second-order valence-corrected chi connectivity index (χ2v) is 7.06. The van der Waals surface area contributed by atoms with Crippen LogP contribution < -0.4 is 0 Å². The van der Waals surface area contributed by atoms with E-state index in [0.717, 1.165) is 19.0 Å². The lowest BCUT2D eigenvalue weighted by Gasteiger charge is -2.42. The second-order valence-electron chi connectivity index (χ2n) is 7.06. The van der Waals surface area contributed by atoms with Gasteiger partial charge in [0, 0.05) is 13.1 Å². The van der Waals surface area contributed by atoms with Crippen LogP contribution in [0.4, 0.5) is 0 Å². The van der Waals surface area contributed by atoms with Gasteiger partial charge in [0.1, 0.15) is 6.10 Å². The molecule has 122 valence electrons. The molecule has 2 fully saturated rings. The molecular weight excluding hydrogens is 264 g/mol. The first-order chi connectivity index (χ1) is 10.0. The lowest BCUT2D eigenvalue weighted by atomic mass is 9.89. The number of likely N-dealkylation sites (N-methyl/N-ethyl adjacent to an activating group) is 1. The molecular formula is C17H32N2O2. The van der Waals surface area contributed by atoms with E-state index in [1.165, 1.54) is 38.9 Å². The van der Waals surface area contributed by atoms with Crippen LogP contribution in [0.1, 0.15) is 47.0 Å². The van der Waals surface area contributed by atoms with Gasteiger partial charge < -0.3 is 14.5 Å². The second kappa shape index (κ2) is 7.59. The van der Waals surface area contributed by atoms with Gasteiger partial charge in [0.05, 0.1) is 6.10 Å². The summed E-state index contributed by atoms with van der Waals surface area (Å²) < 4.78 is 5.99. The van der Waals surface area contributed by atoms with E-state index in [0.29, 0.717) is 5.92 Å². The maximum atomic E-state index is 12.0. The number of rotatable bonds is 5. The Morgan fingerprint density at radius 3 is 2.52 bits per heavy atom. The lowest BCUT2D eigenvalue weighted by Crippen LogP contribution is -2.54. The summed E-state index contributed by atoms with van der Waals surface area (Å²) in [6.45, 7) is 13.7. The molecule has 2 saturated heterocycles. The summed E-state index contributed by atoms with van der Waals surface area (Å²) in [5.41, 5.74) is 0. The molecule has 2 aliphatic heterocycles. The third-order valence-electron chi connectivity index (χ3n) is 5.00. The fourth-order valence-electron chi connectivity index (χ4n) is 3.46.